The van der Waals surface area contributed by atoms with Crippen LogP contribution in [-0.2, 0) is 38.8 Å². The van der Waals surface area contributed by atoms with Gasteiger partial charge in [0, 0.05) is 24.2 Å². The minimum Gasteiger partial charge on any atom is -0.489 e. The molecule has 0 saturated carbocycles. The van der Waals surface area contributed by atoms with Crippen molar-refractivity contribution in [3.8, 4) is 5.75 Å². The molecular weight excluding hydrogens is 471 g/mol. The van der Waals surface area contributed by atoms with E-state index in [-0.39, 0.29) is 37.3 Å². The van der Waals surface area contributed by atoms with E-state index in [0.717, 1.165) is 16.7 Å². The normalized spacial score (nSPS) is 23.1. The van der Waals surface area contributed by atoms with Gasteiger partial charge < -0.3 is 19.3 Å². The number of nitrogens with one attached hydrogen (secondary N) is 1. The van der Waals surface area contributed by atoms with Gasteiger partial charge in [-0.2, -0.15) is 0 Å². The summed E-state index contributed by atoms with van der Waals surface area (Å²) in [5, 5.41) is 1.67. The zero-order valence-corrected chi connectivity index (χ0v) is 21.3. The Morgan fingerprint density at radius 3 is 2.43 bits per heavy atom. The standard InChI is InChI=1S/C25H28B3N3O6/c26-24(27)14-25(28,23(35)29-22(24)34)31-11-18-17(21(31)33)2-1-3-19(18)37-12-16-6-4-15(5-7-16)10-30-8-9-36-13-20(30)32/h1-7H,8-14,26-28H2,(H,29,34,35). The number of imide groups is 1. The lowest BCUT2D eigenvalue weighted by Crippen LogP contribution is -2.67. The largest absolute Gasteiger partial charge is 0.489 e. The summed E-state index contributed by atoms with van der Waals surface area (Å²) in [7, 11) is 5.27. The number of hydrogen-bond acceptors (Lipinski definition) is 6. The van der Waals surface area contributed by atoms with Crippen LogP contribution in [-0.4, -0.2) is 82.2 Å². The van der Waals surface area contributed by atoms with Crippen LogP contribution in [0.3, 0.4) is 0 Å². The van der Waals surface area contributed by atoms with Crippen molar-refractivity contribution >= 4 is 47.2 Å². The lowest BCUT2D eigenvalue weighted by atomic mass is 9.45. The summed E-state index contributed by atoms with van der Waals surface area (Å²) >= 11 is 0. The smallest absolute Gasteiger partial charge is 0.254 e. The molecule has 188 valence electrons. The molecule has 0 spiro atoms. The number of rotatable bonds is 6. The second-order valence-electron chi connectivity index (χ2n) is 10.8. The molecule has 9 nitrogen and oxygen atoms in total. The topological polar surface area (TPSA) is 105 Å². The van der Waals surface area contributed by atoms with Crippen LogP contribution in [0.4, 0.5) is 0 Å². The summed E-state index contributed by atoms with van der Waals surface area (Å²) in [5.41, 5.74) is 2.07. The molecule has 2 fully saturated rings. The molecule has 1 N–H and O–H groups in total. The number of nitrogens with zero attached hydrogens (tertiary/aromatic N) is 2. The molecule has 2 saturated heterocycles. The SMILES string of the molecule is BC1(B)CC(B)(N2Cc3c(OCc4ccc(CN5CCOCC5=O)cc4)cccc3C2=O)C(=O)NC1=O. The second kappa shape index (κ2) is 9.41. The van der Waals surface area contributed by atoms with Gasteiger partial charge >= 0.3 is 0 Å². The molecule has 3 heterocycles. The van der Waals surface area contributed by atoms with Crippen molar-refractivity contribution in [3.63, 3.8) is 0 Å². The van der Waals surface area contributed by atoms with E-state index < -0.39 is 16.6 Å². The number of amides is 4. The van der Waals surface area contributed by atoms with Crippen LogP contribution in [0.15, 0.2) is 42.5 Å². The Bertz CT molecular complexity index is 1280. The van der Waals surface area contributed by atoms with Gasteiger partial charge in [-0.05, 0) is 34.9 Å². The highest BCUT2D eigenvalue weighted by molar-refractivity contribution is 6.53. The Kier molecular flexibility index (Phi) is 6.39. The van der Waals surface area contributed by atoms with Crippen LogP contribution in [0.1, 0.15) is 33.5 Å². The molecule has 2 aromatic rings. The third-order valence-electron chi connectivity index (χ3n) is 7.51. The molecule has 2 aromatic carbocycles. The number of hydrogen-bond donors (Lipinski definition) is 1. The van der Waals surface area contributed by atoms with Crippen LogP contribution in [0.5, 0.6) is 5.75 Å². The summed E-state index contributed by atoms with van der Waals surface area (Å²) in [6.07, 6.45) is 0.239. The quantitative estimate of drug-likeness (QED) is 0.377. The Hall–Kier alpha value is -3.53. The fourth-order valence-corrected chi connectivity index (χ4v) is 5.32. The fraction of sp³-hybridized carbons (Fsp3) is 0.360. The molecule has 37 heavy (non-hydrogen) atoms. The maximum absolute atomic E-state index is 13.4. The van der Waals surface area contributed by atoms with Crippen molar-refractivity contribution in [3.05, 3.63) is 64.7 Å². The van der Waals surface area contributed by atoms with Crippen molar-refractivity contribution < 1.29 is 28.7 Å². The van der Waals surface area contributed by atoms with Crippen molar-refractivity contribution in [2.24, 2.45) is 0 Å². The third kappa shape index (κ3) is 4.66. The van der Waals surface area contributed by atoms with Gasteiger partial charge in [-0.1, -0.05) is 30.3 Å². The van der Waals surface area contributed by atoms with Crippen LogP contribution in [0.25, 0.3) is 0 Å². The summed E-state index contributed by atoms with van der Waals surface area (Å²) < 4.78 is 11.3. The lowest BCUT2D eigenvalue weighted by molar-refractivity contribution is -0.143. The first-order valence-electron chi connectivity index (χ1n) is 12.4. The minimum atomic E-state index is -1.15. The number of piperidine rings is 1. The fourth-order valence-electron chi connectivity index (χ4n) is 5.32. The molecule has 1 unspecified atom stereocenters. The number of morpholine rings is 1. The predicted molar refractivity (Wildman–Crippen MR) is 142 cm³/mol. The van der Waals surface area contributed by atoms with Gasteiger partial charge in [-0.15, -0.1) is 0 Å². The van der Waals surface area contributed by atoms with E-state index in [0.29, 0.717) is 37.6 Å². The lowest BCUT2D eigenvalue weighted by Gasteiger charge is -2.46. The van der Waals surface area contributed by atoms with Gasteiger partial charge in [0.15, 0.2) is 0 Å². The van der Waals surface area contributed by atoms with Gasteiger partial charge in [0.05, 0.1) is 18.6 Å². The minimum absolute atomic E-state index is 0.00471. The van der Waals surface area contributed by atoms with Crippen LogP contribution < -0.4 is 10.1 Å². The van der Waals surface area contributed by atoms with Crippen molar-refractivity contribution in [1.29, 1.82) is 0 Å². The first-order valence-corrected chi connectivity index (χ1v) is 12.4. The number of carbonyl (C=O) groups excluding carboxylic acids is 4. The Morgan fingerprint density at radius 1 is 0.973 bits per heavy atom. The highest BCUT2D eigenvalue weighted by Gasteiger charge is 2.53. The zero-order chi connectivity index (χ0) is 26.4. The maximum atomic E-state index is 13.4. The molecule has 0 radical (unpaired) electrons. The van der Waals surface area contributed by atoms with Crippen molar-refractivity contribution in [1.82, 2.24) is 15.1 Å². The van der Waals surface area contributed by atoms with E-state index in [1.54, 1.807) is 45.5 Å². The number of benzene rings is 2. The molecule has 12 heteroatoms. The van der Waals surface area contributed by atoms with E-state index in [2.05, 4.69) is 5.32 Å². The molecule has 3 aliphatic rings. The third-order valence-corrected chi connectivity index (χ3v) is 7.51. The molecule has 0 aromatic heterocycles. The van der Waals surface area contributed by atoms with Crippen molar-refractivity contribution in [2.45, 2.75) is 36.8 Å². The summed E-state index contributed by atoms with van der Waals surface area (Å²) in [4.78, 5) is 53.8. The highest BCUT2D eigenvalue weighted by atomic mass is 16.5. The highest BCUT2D eigenvalue weighted by Crippen LogP contribution is 2.41. The van der Waals surface area contributed by atoms with Gasteiger partial charge in [-0.3, -0.25) is 24.5 Å². The Balaban J connectivity index is 1.28. The molecule has 1 atom stereocenters. The van der Waals surface area contributed by atoms with E-state index in [1.807, 2.05) is 30.3 Å². The first kappa shape index (κ1) is 25.1. The average molecular weight is 499 g/mol. The molecule has 4 amide bonds. The summed E-state index contributed by atoms with van der Waals surface area (Å²) in [5.74, 6) is -0.447. The number of carbonyl (C=O) groups is 4. The molecule has 5 rings (SSSR count). The molecule has 3 aliphatic heterocycles. The summed E-state index contributed by atoms with van der Waals surface area (Å²) in [6.45, 7) is 2.35. The maximum Gasteiger partial charge on any atom is 0.254 e. The van der Waals surface area contributed by atoms with Gasteiger partial charge in [0.1, 0.15) is 42.5 Å². The Labute approximate surface area is 218 Å². The monoisotopic (exact) mass is 499 g/mol. The predicted octanol–water partition coefficient (Wildman–Crippen LogP) is -1.66. The van der Waals surface area contributed by atoms with Gasteiger partial charge in [0.25, 0.3) is 5.91 Å². The zero-order valence-electron chi connectivity index (χ0n) is 21.3. The number of ether oxygens (including phenoxy) is 2. The molecular formula is C25H28B3N3O6. The molecule has 0 bridgehead atoms. The molecule has 0 aliphatic carbocycles. The average Bonchev–Trinajstić information content (AvgIpc) is 3.21. The van der Waals surface area contributed by atoms with E-state index in [4.69, 9.17) is 9.47 Å². The second-order valence-corrected chi connectivity index (χ2v) is 10.8. The van der Waals surface area contributed by atoms with E-state index in [1.165, 1.54) is 0 Å². The van der Waals surface area contributed by atoms with Crippen LogP contribution in [0.2, 0.25) is 5.21 Å². The summed E-state index contributed by atoms with van der Waals surface area (Å²) in [6, 6.07) is 13.2. The number of fused-ring (bicyclic) bond motifs is 1. The van der Waals surface area contributed by atoms with E-state index in [9.17, 15) is 19.2 Å². The van der Waals surface area contributed by atoms with Crippen LogP contribution >= 0.6 is 0 Å². The van der Waals surface area contributed by atoms with Gasteiger partial charge in [-0.25, -0.2) is 0 Å². The van der Waals surface area contributed by atoms with Crippen molar-refractivity contribution in [2.75, 3.05) is 19.8 Å². The Morgan fingerprint density at radius 2 is 1.70 bits per heavy atom. The van der Waals surface area contributed by atoms with Gasteiger partial charge in [0.2, 0.25) is 17.7 Å². The van der Waals surface area contributed by atoms with Crippen LogP contribution in [0, 0.1) is 0 Å². The first-order chi connectivity index (χ1) is 17.6. The van der Waals surface area contributed by atoms with E-state index >= 15 is 0 Å².